The van der Waals surface area contributed by atoms with Crippen molar-refractivity contribution >= 4 is 33.9 Å². The SMILES string of the molecule is Cn1c(Nc2ccc(Cl)c(CS(C)=O)c2)c(C#N)c(=O)n(C)c1=O. The molecule has 0 bridgehead atoms. The Bertz CT molecular complexity index is 988. The molecule has 1 N–H and O–H groups in total. The average Bonchev–Trinajstić information content (AvgIpc) is 2.53. The molecular formula is C15H15ClN4O3S. The van der Waals surface area contributed by atoms with Crippen LogP contribution in [0.25, 0.3) is 0 Å². The third-order valence-corrected chi connectivity index (χ3v) is 4.53. The van der Waals surface area contributed by atoms with Gasteiger partial charge >= 0.3 is 5.69 Å². The first kappa shape index (κ1) is 18.0. The van der Waals surface area contributed by atoms with Gasteiger partial charge in [0.15, 0.2) is 5.56 Å². The lowest BCUT2D eigenvalue weighted by atomic mass is 10.2. The lowest BCUT2D eigenvalue weighted by Crippen LogP contribution is -2.39. The molecule has 0 spiro atoms. The van der Waals surface area contributed by atoms with Crippen LogP contribution in [0.4, 0.5) is 11.5 Å². The van der Waals surface area contributed by atoms with Crippen molar-refractivity contribution in [1.29, 1.82) is 5.26 Å². The number of aromatic nitrogens is 2. The monoisotopic (exact) mass is 366 g/mol. The highest BCUT2D eigenvalue weighted by Gasteiger charge is 2.16. The molecule has 2 rings (SSSR count). The fraction of sp³-hybridized carbons (Fsp3) is 0.267. The summed E-state index contributed by atoms with van der Waals surface area (Å²) in [5.74, 6) is 0.367. The molecule has 0 saturated carbocycles. The van der Waals surface area contributed by atoms with Gasteiger partial charge < -0.3 is 5.32 Å². The van der Waals surface area contributed by atoms with Gasteiger partial charge in [-0.1, -0.05) is 11.6 Å². The van der Waals surface area contributed by atoms with E-state index in [0.717, 1.165) is 4.57 Å². The van der Waals surface area contributed by atoms with E-state index >= 15 is 0 Å². The van der Waals surface area contributed by atoms with Crippen molar-refractivity contribution in [3.63, 3.8) is 0 Å². The fourth-order valence-electron chi connectivity index (χ4n) is 2.21. The molecule has 1 aromatic heterocycles. The minimum absolute atomic E-state index is 0.0940. The molecular weight excluding hydrogens is 352 g/mol. The van der Waals surface area contributed by atoms with Crippen molar-refractivity contribution in [1.82, 2.24) is 9.13 Å². The molecule has 0 aliphatic heterocycles. The number of halogens is 1. The van der Waals surface area contributed by atoms with Gasteiger partial charge in [0.1, 0.15) is 11.9 Å². The van der Waals surface area contributed by atoms with Gasteiger partial charge in [-0.25, -0.2) is 4.79 Å². The summed E-state index contributed by atoms with van der Waals surface area (Å²) < 4.78 is 13.5. The van der Waals surface area contributed by atoms with Crippen LogP contribution in [0.3, 0.4) is 0 Å². The van der Waals surface area contributed by atoms with Gasteiger partial charge in [0.25, 0.3) is 5.56 Å². The molecule has 0 fully saturated rings. The number of nitrogens with zero attached hydrogens (tertiary/aromatic N) is 3. The maximum absolute atomic E-state index is 12.1. The topological polar surface area (TPSA) is 96.9 Å². The summed E-state index contributed by atoms with van der Waals surface area (Å²) in [6, 6.07) is 6.76. The summed E-state index contributed by atoms with van der Waals surface area (Å²) >= 11 is 6.08. The summed E-state index contributed by atoms with van der Waals surface area (Å²) in [5.41, 5.74) is -0.207. The zero-order valence-electron chi connectivity index (χ0n) is 13.3. The number of rotatable bonds is 4. The molecule has 0 aliphatic rings. The third kappa shape index (κ3) is 3.42. The zero-order valence-corrected chi connectivity index (χ0v) is 14.9. The highest BCUT2D eigenvalue weighted by Crippen LogP contribution is 2.24. The Balaban J connectivity index is 2.57. The summed E-state index contributed by atoms with van der Waals surface area (Å²) in [4.78, 5) is 24.1. The Labute approximate surface area is 145 Å². The van der Waals surface area contributed by atoms with Crippen molar-refractivity contribution in [2.24, 2.45) is 14.1 Å². The molecule has 2 aromatic rings. The average molecular weight is 367 g/mol. The molecule has 9 heteroatoms. The molecule has 1 aromatic carbocycles. The lowest BCUT2D eigenvalue weighted by Gasteiger charge is -2.14. The zero-order chi connectivity index (χ0) is 18.0. The molecule has 7 nitrogen and oxygen atoms in total. The van der Waals surface area contributed by atoms with Gasteiger partial charge in [-0.15, -0.1) is 0 Å². The van der Waals surface area contributed by atoms with Crippen molar-refractivity contribution in [3.05, 3.63) is 55.2 Å². The van der Waals surface area contributed by atoms with Gasteiger partial charge in [-0.2, -0.15) is 5.26 Å². The summed E-state index contributed by atoms with van der Waals surface area (Å²) in [7, 11) is 1.70. The molecule has 0 radical (unpaired) electrons. The minimum Gasteiger partial charge on any atom is -0.340 e. The van der Waals surface area contributed by atoms with Gasteiger partial charge in [0.2, 0.25) is 0 Å². The van der Waals surface area contributed by atoms with E-state index < -0.39 is 22.0 Å². The minimum atomic E-state index is -1.08. The van der Waals surface area contributed by atoms with Crippen LogP contribution in [0, 0.1) is 11.3 Å². The van der Waals surface area contributed by atoms with E-state index in [1.54, 1.807) is 24.5 Å². The van der Waals surface area contributed by atoms with Crippen LogP contribution in [0.15, 0.2) is 27.8 Å². The molecule has 126 valence electrons. The Morgan fingerprint density at radius 2 is 1.96 bits per heavy atom. The molecule has 0 saturated heterocycles. The number of anilines is 2. The molecule has 1 unspecified atom stereocenters. The van der Waals surface area contributed by atoms with Gasteiger partial charge in [0.05, 0.1) is 0 Å². The summed E-state index contributed by atoms with van der Waals surface area (Å²) in [6.07, 6.45) is 1.56. The van der Waals surface area contributed by atoms with Crippen LogP contribution in [0.5, 0.6) is 0 Å². The Morgan fingerprint density at radius 1 is 1.29 bits per heavy atom. The number of nitriles is 1. The van der Waals surface area contributed by atoms with Crippen molar-refractivity contribution < 1.29 is 4.21 Å². The molecule has 1 heterocycles. The van der Waals surface area contributed by atoms with Crippen molar-refractivity contribution in [2.45, 2.75) is 5.75 Å². The van der Waals surface area contributed by atoms with Crippen LogP contribution in [-0.2, 0) is 30.6 Å². The van der Waals surface area contributed by atoms with Crippen LogP contribution < -0.4 is 16.6 Å². The van der Waals surface area contributed by atoms with E-state index in [4.69, 9.17) is 11.6 Å². The van der Waals surface area contributed by atoms with Gasteiger partial charge in [-0.3, -0.25) is 18.1 Å². The smallest absolute Gasteiger partial charge is 0.332 e. The number of hydrogen-bond donors (Lipinski definition) is 1. The first-order chi connectivity index (χ1) is 11.3. The normalized spacial score (nSPS) is 11.8. The standard InChI is InChI=1S/C15H15ClN4O3S/c1-19-13(11(7-17)14(21)20(2)15(19)22)18-10-4-5-12(16)9(6-10)8-24(3)23/h4-6,18H,8H2,1-3H3. The number of benzene rings is 1. The first-order valence-corrected chi connectivity index (χ1v) is 8.92. The Morgan fingerprint density at radius 3 is 2.54 bits per heavy atom. The maximum atomic E-state index is 12.1. The predicted molar refractivity (Wildman–Crippen MR) is 94.1 cm³/mol. The maximum Gasteiger partial charge on any atom is 0.332 e. The van der Waals surface area contributed by atoms with Crippen molar-refractivity contribution in [2.75, 3.05) is 11.6 Å². The molecule has 0 aliphatic carbocycles. The van der Waals surface area contributed by atoms with Gasteiger partial charge in [0, 0.05) is 47.6 Å². The molecule has 0 amide bonds. The Kier molecular flexibility index (Phi) is 5.26. The number of hydrogen-bond acceptors (Lipinski definition) is 5. The predicted octanol–water partition coefficient (Wildman–Crippen LogP) is 1.23. The second-order valence-electron chi connectivity index (χ2n) is 5.19. The van der Waals surface area contributed by atoms with E-state index in [1.165, 1.54) is 18.7 Å². The van der Waals surface area contributed by atoms with E-state index in [9.17, 15) is 19.1 Å². The third-order valence-electron chi connectivity index (χ3n) is 3.44. The Hall–Kier alpha value is -2.37. The highest BCUT2D eigenvalue weighted by atomic mass is 35.5. The number of nitrogens with one attached hydrogen (secondary N) is 1. The largest absolute Gasteiger partial charge is 0.340 e. The van der Waals surface area contributed by atoms with E-state index in [0.29, 0.717) is 16.3 Å². The van der Waals surface area contributed by atoms with Crippen molar-refractivity contribution in [3.8, 4) is 6.07 Å². The molecule has 1 atom stereocenters. The van der Waals surface area contributed by atoms with Crippen LogP contribution in [0.1, 0.15) is 11.1 Å². The molecule has 24 heavy (non-hydrogen) atoms. The second kappa shape index (κ2) is 7.03. The van der Waals surface area contributed by atoms with Gasteiger partial charge in [-0.05, 0) is 23.8 Å². The highest BCUT2D eigenvalue weighted by molar-refractivity contribution is 7.83. The summed E-state index contributed by atoms with van der Waals surface area (Å²) in [5, 5.41) is 12.6. The quantitative estimate of drug-likeness (QED) is 0.877. The summed E-state index contributed by atoms with van der Waals surface area (Å²) in [6.45, 7) is 0. The van der Waals surface area contributed by atoms with Crippen LogP contribution in [-0.4, -0.2) is 19.6 Å². The fourth-order valence-corrected chi connectivity index (χ4v) is 3.15. The lowest BCUT2D eigenvalue weighted by molar-refractivity contribution is 0.686. The van der Waals surface area contributed by atoms with Crippen LogP contribution in [0.2, 0.25) is 5.02 Å². The van der Waals surface area contributed by atoms with E-state index in [-0.39, 0.29) is 17.1 Å². The first-order valence-electron chi connectivity index (χ1n) is 6.81. The van der Waals surface area contributed by atoms with Crippen LogP contribution >= 0.6 is 11.6 Å². The van der Waals surface area contributed by atoms with E-state index in [2.05, 4.69) is 5.32 Å². The van der Waals surface area contributed by atoms with E-state index in [1.807, 2.05) is 6.07 Å². The second-order valence-corrected chi connectivity index (χ2v) is 7.03.